The van der Waals surface area contributed by atoms with E-state index in [4.69, 9.17) is 4.74 Å². The molecule has 34 heavy (non-hydrogen) atoms. The maximum Gasteiger partial charge on any atom is 0.254 e. The number of fused-ring (bicyclic) bond motifs is 1. The van der Waals surface area contributed by atoms with E-state index in [0.717, 1.165) is 34.5 Å². The first-order chi connectivity index (χ1) is 16.5. The van der Waals surface area contributed by atoms with Gasteiger partial charge in [-0.1, -0.05) is 30.3 Å². The first-order valence-corrected chi connectivity index (χ1v) is 11.6. The quantitative estimate of drug-likeness (QED) is 0.557. The maximum absolute atomic E-state index is 12.8. The van der Waals surface area contributed by atoms with Crippen LogP contribution in [0.3, 0.4) is 0 Å². The van der Waals surface area contributed by atoms with Gasteiger partial charge in [-0.2, -0.15) is 5.10 Å². The van der Waals surface area contributed by atoms with E-state index in [1.165, 1.54) is 12.7 Å². The third kappa shape index (κ3) is 5.34. The van der Waals surface area contributed by atoms with E-state index in [0.29, 0.717) is 32.6 Å². The van der Waals surface area contributed by atoms with E-state index in [9.17, 15) is 9.59 Å². The van der Waals surface area contributed by atoms with E-state index in [1.54, 1.807) is 4.68 Å². The molecule has 1 aliphatic heterocycles. The molecule has 8 nitrogen and oxygen atoms in total. The van der Waals surface area contributed by atoms with Crippen molar-refractivity contribution in [1.29, 1.82) is 0 Å². The van der Waals surface area contributed by atoms with Crippen LogP contribution in [0.2, 0.25) is 0 Å². The summed E-state index contributed by atoms with van der Waals surface area (Å²) in [6.07, 6.45) is 4.24. The lowest BCUT2D eigenvalue weighted by atomic mass is 9.94. The Morgan fingerprint density at radius 2 is 1.97 bits per heavy atom. The largest absolute Gasteiger partial charge is 0.367 e. The summed E-state index contributed by atoms with van der Waals surface area (Å²) in [5.41, 5.74) is 5.88. The number of carbonyl (C=O) groups is 2. The molecule has 0 radical (unpaired) electrons. The van der Waals surface area contributed by atoms with Crippen molar-refractivity contribution in [1.82, 2.24) is 25.0 Å². The molecule has 0 bridgehead atoms. The predicted molar refractivity (Wildman–Crippen MR) is 128 cm³/mol. The number of rotatable bonds is 8. The highest BCUT2D eigenvalue weighted by atomic mass is 16.5. The van der Waals surface area contributed by atoms with E-state index < -0.39 is 6.10 Å². The average Bonchev–Trinajstić information content (AvgIpc) is 3.27. The van der Waals surface area contributed by atoms with Crippen molar-refractivity contribution in [3.05, 3.63) is 82.4 Å². The van der Waals surface area contributed by atoms with Crippen LogP contribution in [0.4, 0.5) is 0 Å². The summed E-state index contributed by atoms with van der Waals surface area (Å²) in [5, 5.41) is 7.37. The Balaban J connectivity index is 1.40. The van der Waals surface area contributed by atoms with Crippen molar-refractivity contribution in [3.63, 3.8) is 0 Å². The van der Waals surface area contributed by atoms with E-state index >= 15 is 0 Å². The van der Waals surface area contributed by atoms with Crippen molar-refractivity contribution in [2.45, 2.75) is 52.4 Å². The minimum absolute atomic E-state index is 0.111. The molecule has 2 amide bonds. The van der Waals surface area contributed by atoms with Gasteiger partial charge in [-0.25, -0.2) is 0 Å². The number of aromatic nitrogens is 3. The van der Waals surface area contributed by atoms with Gasteiger partial charge in [0, 0.05) is 57.8 Å². The number of nitrogens with zero attached hydrogens (tertiary/aromatic N) is 4. The highest BCUT2D eigenvalue weighted by molar-refractivity contribution is 5.82. The smallest absolute Gasteiger partial charge is 0.254 e. The van der Waals surface area contributed by atoms with Gasteiger partial charge in [0.2, 0.25) is 5.91 Å². The fourth-order valence-corrected chi connectivity index (χ4v) is 4.42. The van der Waals surface area contributed by atoms with E-state index in [2.05, 4.69) is 15.4 Å². The molecule has 2 aromatic heterocycles. The van der Waals surface area contributed by atoms with Crippen LogP contribution in [0.1, 0.15) is 46.2 Å². The van der Waals surface area contributed by atoms with Crippen LogP contribution in [0.25, 0.3) is 0 Å². The van der Waals surface area contributed by atoms with Crippen LogP contribution in [0, 0.1) is 13.8 Å². The van der Waals surface area contributed by atoms with Crippen molar-refractivity contribution < 1.29 is 14.3 Å². The molecule has 1 atom stereocenters. The van der Waals surface area contributed by atoms with Gasteiger partial charge in [-0.15, -0.1) is 0 Å². The molecule has 0 saturated heterocycles. The number of ether oxygens (including phenoxy) is 1. The number of hydrogen-bond acceptors (Lipinski definition) is 5. The molecule has 8 heteroatoms. The molecule has 3 aromatic rings. The van der Waals surface area contributed by atoms with Gasteiger partial charge in [-0.05, 0) is 48.6 Å². The Kier molecular flexibility index (Phi) is 7.37. The normalized spacial score (nSPS) is 13.9. The highest BCUT2D eigenvalue weighted by Crippen LogP contribution is 2.25. The lowest BCUT2D eigenvalue weighted by molar-refractivity contribution is -0.132. The number of nitrogens with one attached hydrogen (secondary N) is 1. The van der Waals surface area contributed by atoms with Crippen LogP contribution in [0.15, 0.2) is 48.8 Å². The molecule has 0 aliphatic carbocycles. The first-order valence-electron chi connectivity index (χ1n) is 11.6. The van der Waals surface area contributed by atoms with Gasteiger partial charge in [0.15, 0.2) is 6.10 Å². The maximum atomic E-state index is 12.8. The summed E-state index contributed by atoms with van der Waals surface area (Å²) in [7, 11) is 1.54. The molecule has 1 N–H and O–H groups in total. The fourth-order valence-electron chi connectivity index (χ4n) is 4.42. The monoisotopic (exact) mass is 461 g/mol. The first kappa shape index (κ1) is 23.6. The van der Waals surface area contributed by atoms with Crippen molar-refractivity contribution >= 4 is 11.8 Å². The third-order valence-electron chi connectivity index (χ3n) is 6.29. The van der Waals surface area contributed by atoms with Gasteiger partial charge in [0.25, 0.3) is 5.91 Å². The van der Waals surface area contributed by atoms with Crippen LogP contribution >= 0.6 is 0 Å². The zero-order valence-electron chi connectivity index (χ0n) is 20.0. The molecule has 1 aliphatic rings. The minimum atomic E-state index is -0.666. The second-order valence-corrected chi connectivity index (χ2v) is 8.61. The minimum Gasteiger partial charge on any atom is -0.367 e. The topological polar surface area (TPSA) is 89.4 Å². The summed E-state index contributed by atoms with van der Waals surface area (Å²) in [4.78, 5) is 32.1. The van der Waals surface area contributed by atoms with Gasteiger partial charge >= 0.3 is 0 Å². The summed E-state index contributed by atoms with van der Waals surface area (Å²) in [5.74, 6) is -0.0767. The molecule has 0 unspecified atom stereocenters. The average molecular weight is 462 g/mol. The Morgan fingerprint density at radius 1 is 1.18 bits per heavy atom. The van der Waals surface area contributed by atoms with Gasteiger partial charge in [0.05, 0.1) is 5.69 Å². The van der Waals surface area contributed by atoms with Crippen molar-refractivity contribution in [2.24, 2.45) is 0 Å². The molecule has 0 saturated carbocycles. The molecule has 0 fully saturated rings. The summed E-state index contributed by atoms with van der Waals surface area (Å²) < 4.78 is 7.25. The molecule has 1 aromatic carbocycles. The molecule has 4 rings (SSSR count). The lowest BCUT2D eigenvalue weighted by Crippen LogP contribution is -2.37. The van der Waals surface area contributed by atoms with Crippen molar-refractivity contribution in [2.75, 3.05) is 13.7 Å². The number of carbonyl (C=O) groups excluding carboxylic acids is 2. The SMILES string of the molecule is CO[C@H](C(=O)NCc1c(C)ncc2c1CCN(C(=O)CCn1ccc(C)n1)C2)c1ccccc1. The molecule has 0 spiro atoms. The molecule has 178 valence electrons. The summed E-state index contributed by atoms with van der Waals surface area (Å²) >= 11 is 0. The zero-order valence-corrected chi connectivity index (χ0v) is 20.0. The number of pyridine rings is 1. The van der Waals surface area contributed by atoms with Crippen LogP contribution in [0.5, 0.6) is 0 Å². The molecule has 3 heterocycles. The van der Waals surface area contributed by atoms with Crippen LogP contribution in [-0.2, 0) is 40.4 Å². The Bertz CT molecular complexity index is 1160. The standard InChI is InChI=1S/C26H31N5O3/c1-18-9-13-31(29-18)14-11-24(32)30-12-10-22-21(17-30)15-27-19(2)23(22)16-28-26(33)25(34-3)20-7-5-4-6-8-20/h4-9,13,15,25H,10-12,14,16-17H2,1-3H3,(H,28,33)/t25-/m0/s1. The Hall–Kier alpha value is -3.52. The zero-order chi connectivity index (χ0) is 24.1. The van der Waals surface area contributed by atoms with Crippen molar-refractivity contribution in [3.8, 4) is 0 Å². The lowest BCUT2D eigenvalue weighted by Gasteiger charge is -2.30. The Labute approximate surface area is 199 Å². The fraction of sp³-hybridized carbons (Fsp3) is 0.385. The Morgan fingerprint density at radius 3 is 2.68 bits per heavy atom. The number of benzene rings is 1. The second kappa shape index (κ2) is 10.6. The molecular weight excluding hydrogens is 430 g/mol. The number of aryl methyl sites for hydroxylation is 3. The number of methoxy groups -OCH3 is 1. The highest BCUT2D eigenvalue weighted by Gasteiger charge is 2.25. The van der Waals surface area contributed by atoms with Crippen LogP contribution < -0.4 is 5.32 Å². The van der Waals surface area contributed by atoms with Gasteiger partial charge < -0.3 is 15.0 Å². The number of amides is 2. The third-order valence-corrected chi connectivity index (χ3v) is 6.29. The van der Waals surface area contributed by atoms with E-state index in [1.807, 2.05) is 67.5 Å². The summed E-state index contributed by atoms with van der Waals surface area (Å²) in [6, 6.07) is 11.4. The van der Waals surface area contributed by atoms with Crippen LogP contribution in [-0.4, -0.2) is 45.1 Å². The molecular formula is C26H31N5O3. The predicted octanol–water partition coefficient (Wildman–Crippen LogP) is 2.87. The van der Waals surface area contributed by atoms with E-state index in [-0.39, 0.29) is 11.8 Å². The summed E-state index contributed by atoms with van der Waals surface area (Å²) in [6.45, 7) is 6.02. The number of hydrogen-bond donors (Lipinski definition) is 1. The van der Waals surface area contributed by atoms with Gasteiger partial charge in [-0.3, -0.25) is 19.3 Å². The second-order valence-electron chi connectivity index (χ2n) is 8.61. The van der Waals surface area contributed by atoms with Gasteiger partial charge in [0.1, 0.15) is 0 Å².